The van der Waals surface area contributed by atoms with Gasteiger partial charge in [-0.2, -0.15) is 0 Å². The Morgan fingerprint density at radius 1 is 1.19 bits per heavy atom. The van der Waals surface area contributed by atoms with Crippen molar-refractivity contribution in [1.82, 2.24) is 4.57 Å². The van der Waals surface area contributed by atoms with E-state index in [1.807, 2.05) is 0 Å². The molecule has 140 valence electrons. The monoisotopic (exact) mass is 373 g/mol. The number of esters is 1. The average molecular weight is 373 g/mol. The zero-order chi connectivity index (χ0) is 19.7. The number of phenolic OH excluding ortho intramolecular Hbond substituents is 1. The minimum atomic E-state index is -0.930. The minimum Gasteiger partial charge on any atom is -0.505 e. The Labute approximate surface area is 153 Å². The third-order valence-corrected chi connectivity index (χ3v) is 4.32. The highest BCUT2D eigenvalue weighted by atomic mass is 19.1. The van der Waals surface area contributed by atoms with Gasteiger partial charge < -0.3 is 9.84 Å². The lowest BCUT2D eigenvalue weighted by molar-refractivity contribution is -0.142. The van der Waals surface area contributed by atoms with Crippen molar-refractivity contribution in [3.63, 3.8) is 0 Å². The molecule has 1 N–H and O–H groups in total. The normalized spacial score (nSPS) is 11.0. The number of halogens is 2. The van der Waals surface area contributed by atoms with Crippen LogP contribution in [0.25, 0.3) is 10.9 Å². The SMILES string of the molecule is CCOC(=O)Cc1c(C)n(C(=O)c2cccc(F)c2)c2ccc(O)c(F)c12. The number of rotatable bonds is 4. The van der Waals surface area contributed by atoms with Crippen LogP contribution in [-0.2, 0) is 16.0 Å². The molecule has 0 unspecified atom stereocenters. The van der Waals surface area contributed by atoms with E-state index < -0.39 is 29.3 Å². The molecule has 0 radical (unpaired) electrons. The minimum absolute atomic E-state index is 0.0368. The lowest BCUT2D eigenvalue weighted by Crippen LogP contribution is -2.14. The number of ether oxygens (including phenoxy) is 1. The third-order valence-electron chi connectivity index (χ3n) is 4.32. The number of carbonyl (C=O) groups is 2. The standard InChI is InChI=1S/C20H17F2NO4/c1-3-27-17(25)10-14-11(2)23(15-7-8-16(24)19(22)18(14)15)20(26)12-5-4-6-13(21)9-12/h4-9,24H,3,10H2,1-2H3. The molecule has 0 fully saturated rings. The second-order valence-corrected chi connectivity index (χ2v) is 5.99. The predicted molar refractivity (Wildman–Crippen MR) is 94.8 cm³/mol. The van der Waals surface area contributed by atoms with Crippen molar-refractivity contribution in [1.29, 1.82) is 0 Å². The van der Waals surface area contributed by atoms with Crippen LogP contribution in [0.3, 0.4) is 0 Å². The lowest BCUT2D eigenvalue weighted by Gasteiger charge is -2.08. The number of nitrogens with zero attached hydrogens (tertiary/aromatic N) is 1. The molecule has 27 heavy (non-hydrogen) atoms. The Morgan fingerprint density at radius 3 is 2.59 bits per heavy atom. The Hall–Kier alpha value is -3.22. The van der Waals surface area contributed by atoms with Crippen LogP contribution in [0, 0.1) is 18.6 Å². The van der Waals surface area contributed by atoms with E-state index in [0.717, 1.165) is 12.1 Å². The summed E-state index contributed by atoms with van der Waals surface area (Å²) in [5.74, 6) is -3.26. The molecule has 0 atom stereocenters. The van der Waals surface area contributed by atoms with Gasteiger partial charge in [0.25, 0.3) is 5.91 Å². The first kappa shape index (κ1) is 18.6. The molecule has 0 amide bonds. The maximum atomic E-state index is 14.6. The predicted octanol–water partition coefficient (Wildman–Crippen LogP) is 3.73. The van der Waals surface area contributed by atoms with Gasteiger partial charge in [0.05, 0.1) is 18.5 Å². The summed E-state index contributed by atoms with van der Waals surface area (Å²) >= 11 is 0. The smallest absolute Gasteiger partial charge is 0.310 e. The second-order valence-electron chi connectivity index (χ2n) is 5.99. The van der Waals surface area contributed by atoms with E-state index in [9.17, 15) is 23.5 Å². The van der Waals surface area contributed by atoms with Crippen molar-refractivity contribution in [2.24, 2.45) is 0 Å². The number of hydrogen-bond acceptors (Lipinski definition) is 4. The summed E-state index contributed by atoms with van der Waals surface area (Å²) in [6, 6.07) is 7.64. The molecule has 2 aromatic carbocycles. The van der Waals surface area contributed by atoms with Crippen LogP contribution in [0.1, 0.15) is 28.5 Å². The zero-order valence-corrected chi connectivity index (χ0v) is 14.8. The summed E-state index contributed by atoms with van der Waals surface area (Å²) in [5, 5.41) is 9.70. The summed E-state index contributed by atoms with van der Waals surface area (Å²) in [7, 11) is 0. The summed E-state index contributed by atoms with van der Waals surface area (Å²) in [4.78, 5) is 24.9. The van der Waals surface area contributed by atoms with Gasteiger partial charge in [0, 0.05) is 16.6 Å². The molecule has 0 saturated heterocycles. The van der Waals surface area contributed by atoms with Gasteiger partial charge in [-0.15, -0.1) is 0 Å². The van der Waals surface area contributed by atoms with Crippen LogP contribution < -0.4 is 0 Å². The molecule has 0 bridgehead atoms. The largest absolute Gasteiger partial charge is 0.505 e. The van der Waals surface area contributed by atoms with Gasteiger partial charge in [-0.25, -0.2) is 8.78 Å². The molecule has 0 saturated carbocycles. The lowest BCUT2D eigenvalue weighted by atomic mass is 10.1. The number of fused-ring (bicyclic) bond motifs is 1. The van der Waals surface area contributed by atoms with Crippen LogP contribution in [0.4, 0.5) is 8.78 Å². The van der Waals surface area contributed by atoms with Gasteiger partial charge in [-0.1, -0.05) is 6.07 Å². The van der Waals surface area contributed by atoms with E-state index in [4.69, 9.17) is 4.74 Å². The Balaban J connectivity index is 2.24. The van der Waals surface area contributed by atoms with Crippen molar-refractivity contribution < 1.29 is 28.2 Å². The van der Waals surface area contributed by atoms with Crippen LogP contribution in [0.2, 0.25) is 0 Å². The van der Waals surface area contributed by atoms with Crippen LogP contribution in [0.15, 0.2) is 36.4 Å². The van der Waals surface area contributed by atoms with Crippen LogP contribution >= 0.6 is 0 Å². The highest BCUT2D eigenvalue weighted by Gasteiger charge is 2.25. The topological polar surface area (TPSA) is 68.5 Å². The molecular formula is C20H17F2NO4. The number of benzene rings is 2. The molecule has 7 heteroatoms. The van der Waals surface area contributed by atoms with Gasteiger partial charge in [0.15, 0.2) is 11.6 Å². The highest BCUT2D eigenvalue weighted by Crippen LogP contribution is 2.33. The third kappa shape index (κ3) is 3.28. The molecule has 0 aliphatic rings. The van der Waals surface area contributed by atoms with Crippen molar-refractivity contribution in [2.45, 2.75) is 20.3 Å². The molecule has 0 aliphatic carbocycles. The van der Waals surface area contributed by atoms with Crippen LogP contribution in [-0.4, -0.2) is 28.2 Å². The molecule has 1 heterocycles. The number of hydrogen-bond donors (Lipinski definition) is 1. The Morgan fingerprint density at radius 2 is 1.93 bits per heavy atom. The average Bonchev–Trinajstić information content (AvgIpc) is 2.90. The van der Waals surface area contributed by atoms with E-state index in [1.165, 1.54) is 28.8 Å². The Bertz CT molecular complexity index is 1060. The fourth-order valence-electron chi connectivity index (χ4n) is 3.11. The van der Waals surface area contributed by atoms with E-state index >= 15 is 0 Å². The number of phenols is 1. The zero-order valence-electron chi connectivity index (χ0n) is 14.8. The summed E-state index contributed by atoms with van der Waals surface area (Å²) in [5.41, 5.74) is 0.806. The fraction of sp³-hybridized carbons (Fsp3) is 0.200. The fourth-order valence-corrected chi connectivity index (χ4v) is 3.11. The summed E-state index contributed by atoms with van der Waals surface area (Å²) in [6.45, 7) is 3.36. The first-order chi connectivity index (χ1) is 12.8. The highest BCUT2D eigenvalue weighted by molar-refractivity contribution is 6.05. The van der Waals surface area contributed by atoms with Gasteiger partial charge in [-0.05, 0) is 49.7 Å². The van der Waals surface area contributed by atoms with E-state index in [1.54, 1.807) is 13.8 Å². The molecule has 3 aromatic rings. The molecule has 1 aromatic heterocycles. The maximum absolute atomic E-state index is 14.6. The van der Waals surface area contributed by atoms with Crippen LogP contribution in [0.5, 0.6) is 5.75 Å². The van der Waals surface area contributed by atoms with E-state index in [-0.39, 0.29) is 35.1 Å². The molecular weight excluding hydrogens is 356 g/mol. The van der Waals surface area contributed by atoms with Gasteiger partial charge in [0.1, 0.15) is 5.82 Å². The molecule has 0 aliphatic heterocycles. The first-order valence-corrected chi connectivity index (χ1v) is 8.32. The van der Waals surface area contributed by atoms with Gasteiger partial charge in [0.2, 0.25) is 0 Å². The van der Waals surface area contributed by atoms with Crippen molar-refractivity contribution in [2.75, 3.05) is 6.61 Å². The van der Waals surface area contributed by atoms with E-state index in [2.05, 4.69) is 0 Å². The second kappa shape index (κ2) is 7.19. The quantitative estimate of drug-likeness (QED) is 0.708. The first-order valence-electron chi connectivity index (χ1n) is 8.32. The van der Waals surface area contributed by atoms with Crippen molar-refractivity contribution in [3.05, 3.63) is 64.9 Å². The van der Waals surface area contributed by atoms with Crippen molar-refractivity contribution in [3.8, 4) is 5.75 Å². The number of carbonyl (C=O) groups excluding carboxylic acids is 2. The maximum Gasteiger partial charge on any atom is 0.310 e. The van der Waals surface area contributed by atoms with E-state index in [0.29, 0.717) is 5.69 Å². The summed E-state index contributed by atoms with van der Waals surface area (Å²) in [6.07, 6.45) is -0.264. The Kier molecular flexibility index (Phi) is 4.94. The number of aromatic nitrogens is 1. The van der Waals surface area contributed by atoms with Gasteiger partial charge >= 0.3 is 5.97 Å². The van der Waals surface area contributed by atoms with Crippen molar-refractivity contribution >= 4 is 22.8 Å². The molecule has 0 spiro atoms. The summed E-state index contributed by atoms with van der Waals surface area (Å²) < 4.78 is 34.3. The molecule has 5 nitrogen and oxygen atoms in total. The number of aromatic hydroxyl groups is 1. The van der Waals surface area contributed by atoms with Gasteiger partial charge in [-0.3, -0.25) is 14.2 Å². The molecule has 3 rings (SSSR count).